The van der Waals surface area contributed by atoms with Gasteiger partial charge in [0.15, 0.2) is 5.11 Å². The first-order valence-corrected chi connectivity index (χ1v) is 7.52. The zero-order valence-electron chi connectivity index (χ0n) is 12.2. The van der Waals surface area contributed by atoms with Crippen LogP contribution in [0.1, 0.15) is 16.7 Å². The van der Waals surface area contributed by atoms with Crippen LogP contribution >= 0.6 is 23.8 Å². The number of benzene rings is 2. The van der Waals surface area contributed by atoms with Crippen molar-refractivity contribution in [3.63, 3.8) is 0 Å². The highest BCUT2D eigenvalue weighted by Gasteiger charge is 2.30. The maximum Gasteiger partial charge on any atom is 0.416 e. The second-order valence-electron chi connectivity index (χ2n) is 4.92. The monoisotopic (exact) mass is 358 g/mol. The minimum absolute atomic E-state index is 0.190. The predicted octanol–water partition coefficient (Wildman–Crippen LogP) is 5.15. The molecule has 2 aromatic carbocycles. The lowest BCUT2D eigenvalue weighted by Crippen LogP contribution is -2.28. The highest BCUT2D eigenvalue weighted by atomic mass is 35.5. The molecule has 2 nitrogen and oxygen atoms in total. The van der Waals surface area contributed by atoms with E-state index in [2.05, 4.69) is 10.6 Å². The molecule has 0 aromatic heterocycles. The van der Waals surface area contributed by atoms with E-state index in [-0.39, 0.29) is 6.54 Å². The van der Waals surface area contributed by atoms with Crippen LogP contribution in [0.5, 0.6) is 0 Å². The molecular weight excluding hydrogens is 345 g/mol. The van der Waals surface area contributed by atoms with Crippen molar-refractivity contribution in [1.29, 1.82) is 0 Å². The molecule has 0 fully saturated rings. The van der Waals surface area contributed by atoms with Crippen LogP contribution in [0.3, 0.4) is 0 Å². The van der Waals surface area contributed by atoms with Crippen molar-refractivity contribution in [3.05, 3.63) is 64.2 Å². The molecule has 0 aliphatic heterocycles. The van der Waals surface area contributed by atoms with Crippen molar-refractivity contribution in [3.8, 4) is 0 Å². The molecule has 23 heavy (non-hydrogen) atoms. The first-order valence-electron chi connectivity index (χ1n) is 6.73. The number of alkyl halides is 3. The van der Waals surface area contributed by atoms with Crippen LogP contribution in [0.2, 0.25) is 5.02 Å². The summed E-state index contributed by atoms with van der Waals surface area (Å²) in [6.45, 7) is 2.04. The summed E-state index contributed by atoms with van der Waals surface area (Å²) in [7, 11) is 0. The first kappa shape index (κ1) is 17.6. The van der Waals surface area contributed by atoms with Crippen molar-refractivity contribution in [2.75, 3.05) is 5.32 Å². The van der Waals surface area contributed by atoms with E-state index in [0.29, 0.717) is 15.7 Å². The SMILES string of the molecule is Cc1c(Cl)cccc1NC(=S)NCc1cccc(C(F)(F)F)c1. The molecule has 0 spiro atoms. The van der Waals surface area contributed by atoms with Crippen LogP contribution in [0.25, 0.3) is 0 Å². The van der Waals surface area contributed by atoms with Gasteiger partial charge in [0, 0.05) is 17.3 Å². The fraction of sp³-hybridized carbons (Fsp3) is 0.188. The number of nitrogens with one attached hydrogen (secondary N) is 2. The number of thiocarbonyl (C=S) groups is 1. The molecule has 2 aromatic rings. The third-order valence-corrected chi connectivity index (χ3v) is 3.88. The molecule has 2 N–H and O–H groups in total. The fourth-order valence-corrected chi connectivity index (χ4v) is 2.31. The number of halogens is 4. The summed E-state index contributed by atoms with van der Waals surface area (Å²) in [5.41, 5.74) is 1.41. The summed E-state index contributed by atoms with van der Waals surface area (Å²) in [6.07, 6.45) is -4.35. The minimum atomic E-state index is -4.35. The maximum atomic E-state index is 12.7. The van der Waals surface area contributed by atoms with Crippen molar-refractivity contribution >= 4 is 34.6 Å². The third-order valence-electron chi connectivity index (χ3n) is 3.22. The molecule has 7 heteroatoms. The summed E-state index contributed by atoms with van der Waals surface area (Å²) < 4.78 is 38.0. The molecule has 0 atom stereocenters. The summed E-state index contributed by atoms with van der Waals surface area (Å²) in [5, 5.41) is 6.78. The average molecular weight is 359 g/mol. The van der Waals surface area contributed by atoms with E-state index in [9.17, 15) is 13.2 Å². The Hall–Kier alpha value is -1.79. The number of rotatable bonds is 3. The zero-order valence-corrected chi connectivity index (χ0v) is 13.7. The Balaban J connectivity index is 1.98. The number of hydrogen-bond donors (Lipinski definition) is 2. The fourth-order valence-electron chi connectivity index (χ4n) is 1.95. The molecule has 0 aliphatic carbocycles. The van der Waals surface area contributed by atoms with Gasteiger partial charge >= 0.3 is 6.18 Å². The van der Waals surface area contributed by atoms with Crippen LogP contribution in [-0.2, 0) is 12.7 Å². The van der Waals surface area contributed by atoms with Gasteiger partial charge in [0.05, 0.1) is 5.56 Å². The van der Waals surface area contributed by atoms with E-state index in [1.165, 1.54) is 6.07 Å². The lowest BCUT2D eigenvalue weighted by Gasteiger charge is -2.14. The molecular formula is C16H14ClF3N2S. The number of anilines is 1. The van der Waals surface area contributed by atoms with Gasteiger partial charge in [-0.3, -0.25) is 0 Å². The molecule has 0 saturated heterocycles. The molecule has 0 bridgehead atoms. The standard InChI is InChI=1S/C16H14ClF3N2S/c1-10-13(17)6-3-7-14(10)22-15(23)21-9-11-4-2-5-12(8-11)16(18,19)20/h2-8H,9H2,1H3,(H2,21,22,23). The van der Waals surface area contributed by atoms with E-state index in [4.69, 9.17) is 23.8 Å². The molecule has 0 heterocycles. The second kappa shape index (κ2) is 7.19. The van der Waals surface area contributed by atoms with Gasteiger partial charge in [-0.15, -0.1) is 0 Å². The van der Waals surface area contributed by atoms with Crippen molar-refractivity contribution < 1.29 is 13.2 Å². The van der Waals surface area contributed by atoms with E-state index in [1.807, 2.05) is 13.0 Å². The van der Waals surface area contributed by atoms with E-state index in [0.717, 1.165) is 23.4 Å². The van der Waals surface area contributed by atoms with Gasteiger partial charge in [0.2, 0.25) is 0 Å². The smallest absolute Gasteiger partial charge is 0.358 e. The van der Waals surface area contributed by atoms with Gasteiger partial charge in [0.1, 0.15) is 0 Å². The largest absolute Gasteiger partial charge is 0.416 e. The van der Waals surface area contributed by atoms with E-state index in [1.54, 1.807) is 18.2 Å². The molecule has 0 saturated carbocycles. The van der Waals surface area contributed by atoms with Gasteiger partial charge in [-0.05, 0) is 54.5 Å². The topological polar surface area (TPSA) is 24.1 Å². The Labute approximate surface area is 142 Å². The van der Waals surface area contributed by atoms with Gasteiger partial charge in [-0.25, -0.2) is 0 Å². The summed E-state index contributed by atoms with van der Waals surface area (Å²) in [5.74, 6) is 0. The minimum Gasteiger partial charge on any atom is -0.358 e. The van der Waals surface area contributed by atoms with Gasteiger partial charge < -0.3 is 10.6 Å². The lowest BCUT2D eigenvalue weighted by molar-refractivity contribution is -0.137. The summed E-state index contributed by atoms with van der Waals surface area (Å²) in [6, 6.07) is 10.5. The first-order chi connectivity index (χ1) is 10.8. The maximum absolute atomic E-state index is 12.7. The van der Waals surface area contributed by atoms with Crippen LogP contribution in [0.15, 0.2) is 42.5 Å². The van der Waals surface area contributed by atoms with Crippen molar-refractivity contribution in [1.82, 2.24) is 5.32 Å². The Morgan fingerprint density at radius 1 is 1.17 bits per heavy atom. The van der Waals surface area contributed by atoms with Gasteiger partial charge in [-0.1, -0.05) is 29.8 Å². The Kier molecular flexibility index (Phi) is 5.49. The Morgan fingerprint density at radius 2 is 1.87 bits per heavy atom. The molecule has 122 valence electrons. The Bertz CT molecular complexity index is 717. The van der Waals surface area contributed by atoms with Gasteiger partial charge in [0.25, 0.3) is 0 Å². The third kappa shape index (κ3) is 4.84. The van der Waals surface area contributed by atoms with E-state index < -0.39 is 11.7 Å². The van der Waals surface area contributed by atoms with E-state index >= 15 is 0 Å². The van der Waals surface area contributed by atoms with Crippen LogP contribution in [-0.4, -0.2) is 5.11 Å². The zero-order chi connectivity index (χ0) is 17.0. The quantitative estimate of drug-likeness (QED) is 0.742. The highest BCUT2D eigenvalue weighted by Crippen LogP contribution is 2.29. The van der Waals surface area contributed by atoms with Gasteiger partial charge in [-0.2, -0.15) is 13.2 Å². The molecule has 0 aliphatic rings. The van der Waals surface area contributed by atoms with Crippen molar-refractivity contribution in [2.24, 2.45) is 0 Å². The van der Waals surface area contributed by atoms with Crippen molar-refractivity contribution in [2.45, 2.75) is 19.6 Å². The summed E-state index contributed by atoms with van der Waals surface area (Å²) >= 11 is 11.2. The second-order valence-corrected chi connectivity index (χ2v) is 5.73. The lowest BCUT2D eigenvalue weighted by atomic mass is 10.1. The number of hydrogen-bond acceptors (Lipinski definition) is 1. The van der Waals surface area contributed by atoms with Crippen LogP contribution in [0.4, 0.5) is 18.9 Å². The average Bonchev–Trinajstić information content (AvgIpc) is 2.49. The molecule has 0 unspecified atom stereocenters. The van der Waals surface area contributed by atoms with Crippen LogP contribution < -0.4 is 10.6 Å². The normalized spacial score (nSPS) is 11.2. The molecule has 2 rings (SSSR count). The Morgan fingerprint density at radius 3 is 2.57 bits per heavy atom. The van der Waals surface area contributed by atoms with Crippen LogP contribution in [0, 0.1) is 6.92 Å². The molecule has 0 amide bonds. The predicted molar refractivity (Wildman–Crippen MR) is 90.7 cm³/mol. The molecule has 0 radical (unpaired) electrons. The summed E-state index contributed by atoms with van der Waals surface area (Å²) in [4.78, 5) is 0. The highest BCUT2D eigenvalue weighted by molar-refractivity contribution is 7.80.